The molecule has 8 amide bonds. The Kier molecular flexibility index (Phi) is 21.8. The summed E-state index contributed by atoms with van der Waals surface area (Å²) >= 11 is 18.5. The van der Waals surface area contributed by atoms with Crippen LogP contribution in [0.4, 0.5) is 34.6 Å². The SMILES string of the molecule is CNC(=O)C1(NC(=O)C(=O)c2c(C)c(C(=O)Nc3ccc(C)c(Cl)c3)n3c2CCC3(C)C)CC(F)(F)C1.CNC(=O)C1(NC(=O)C(=O)c2c(C)c(C(=O)Nc3ccc(C)c(Cl)c3)n3c2C[C@@H](O)C3)CC(F)(F)C1.Cc1ccc(NC(=O)c2c(C)c(C(=O)C(=O)NC(C)C)c3n2C(C)(C)CC3)cc1Cl. The number of hydrogen-bond donors (Lipinski definition) is 9. The van der Waals surface area contributed by atoms with E-state index in [1.54, 1.807) is 87.7 Å². The van der Waals surface area contributed by atoms with Gasteiger partial charge in [0, 0.05) is 119 Å². The van der Waals surface area contributed by atoms with Crippen LogP contribution in [0.15, 0.2) is 54.6 Å². The fourth-order valence-electron chi connectivity index (χ4n) is 14.4. The summed E-state index contributed by atoms with van der Waals surface area (Å²) in [5, 5.41) is 31.7. The van der Waals surface area contributed by atoms with Crippen LogP contribution in [0.1, 0.15) is 193 Å². The van der Waals surface area contributed by atoms with Crippen LogP contribution in [-0.2, 0) is 60.9 Å². The average molecular weight is 1490 g/mol. The molecular formula is C73H82Cl3F4N11O12. The van der Waals surface area contributed by atoms with Crippen molar-refractivity contribution < 1.29 is 75.4 Å². The number of halogens is 7. The second-order valence-electron chi connectivity index (χ2n) is 28.7. The molecule has 1 atom stereocenters. The lowest BCUT2D eigenvalue weighted by atomic mass is 9.72. The third-order valence-electron chi connectivity index (χ3n) is 19.5. The van der Waals surface area contributed by atoms with E-state index in [-0.39, 0.29) is 64.2 Å². The number of aryl methyl sites for hydroxylation is 3. The summed E-state index contributed by atoms with van der Waals surface area (Å²) in [5.74, 6) is -15.0. The molecule has 5 aliphatic rings. The minimum absolute atomic E-state index is 0.0114. The summed E-state index contributed by atoms with van der Waals surface area (Å²) in [6.07, 6.45) is -2.07. The van der Waals surface area contributed by atoms with E-state index in [4.69, 9.17) is 34.8 Å². The Morgan fingerprint density at radius 1 is 0.495 bits per heavy atom. The number of carbonyl (C=O) groups excluding carboxylic acids is 11. The number of hydrogen-bond acceptors (Lipinski definition) is 12. The Hall–Kier alpha value is -9.18. The molecule has 0 radical (unpaired) electrons. The van der Waals surface area contributed by atoms with Crippen molar-refractivity contribution in [2.75, 3.05) is 30.0 Å². The van der Waals surface area contributed by atoms with Crippen molar-refractivity contribution in [2.24, 2.45) is 0 Å². The van der Waals surface area contributed by atoms with E-state index in [2.05, 4.69) is 42.5 Å². The van der Waals surface area contributed by atoms with Gasteiger partial charge in [0.05, 0.1) is 22.8 Å². The number of likely N-dealkylation sites (N-methyl/N-ethyl adjacent to an activating group) is 2. The van der Waals surface area contributed by atoms with Gasteiger partial charge in [0.15, 0.2) is 0 Å². The molecule has 6 heterocycles. The summed E-state index contributed by atoms with van der Waals surface area (Å²) in [6.45, 7) is 21.9. The van der Waals surface area contributed by atoms with Crippen LogP contribution in [0.2, 0.25) is 15.1 Å². The number of amides is 8. The first-order chi connectivity index (χ1) is 47.8. The molecule has 3 aromatic carbocycles. The van der Waals surface area contributed by atoms with Gasteiger partial charge in [-0.05, 0) is 179 Å². The van der Waals surface area contributed by atoms with Gasteiger partial charge in [-0.2, -0.15) is 0 Å². The summed E-state index contributed by atoms with van der Waals surface area (Å²) in [5.41, 5.74) is 2.93. The maximum absolute atomic E-state index is 13.7. The molecule has 23 nitrogen and oxygen atoms in total. The lowest BCUT2D eigenvalue weighted by molar-refractivity contribution is -0.164. The number of Topliss-reactive ketones (excluding diaryl/α,β-unsaturated/α-hetero) is 3. The Morgan fingerprint density at radius 2 is 0.816 bits per heavy atom. The molecule has 2 saturated carbocycles. The predicted octanol–water partition coefficient (Wildman–Crippen LogP) is 10.4. The van der Waals surface area contributed by atoms with Crippen molar-refractivity contribution >= 4 is 116 Å². The number of fused-ring (bicyclic) bond motifs is 3. The van der Waals surface area contributed by atoms with E-state index < -0.39 is 119 Å². The maximum atomic E-state index is 13.7. The minimum atomic E-state index is -3.15. The third-order valence-corrected chi connectivity index (χ3v) is 20.8. The molecule has 2 aliphatic carbocycles. The molecule has 0 saturated heterocycles. The number of aromatic nitrogens is 3. The first-order valence-electron chi connectivity index (χ1n) is 33.3. The van der Waals surface area contributed by atoms with E-state index >= 15 is 0 Å². The fourth-order valence-corrected chi connectivity index (χ4v) is 14.9. The van der Waals surface area contributed by atoms with Gasteiger partial charge in [-0.25, -0.2) is 17.6 Å². The highest BCUT2D eigenvalue weighted by molar-refractivity contribution is 6.45. The number of benzene rings is 3. The number of rotatable bonds is 17. The second-order valence-corrected chi connectivity index (χ2v) is 29.9. The monoisotopic (exact) mass is 1490 g/mol. The normalized spacial score (nSPS) is 17.5. The molecule has 550 valence electrons. The number of aliphatic hydroxyl groups excluding tert-OH is 1. The second kappa shape index (κ2) is 28.8. The van der Waals surface area contributed by atoms with Gasteiger partial charge in [-0.15, -0.1) is 0 Å². The lowest BCUT2D eigenvalue weighted by Gasteiger charge is -2.45. The quantitative estimate of drug-likeness (QED) is 0.0234. The zero-order chi connectivity index (χ0) is 76.5. The number of ketones is 3. The van der Waals surface area contributed by atoms with Crippen molar-refractivity contribution in [3.63, 3.8) is 0 Å². The third kappa shape index (κ3) is 15.3. The number of aliphatic hydroxyl groups is 1. The van der Waals surface area contributed by atoms with Gasteiger partial charge in [0.2, 0.25) is 11.8 Å². The smallest absolute Gasteiger partial charge is 0.293 e. The predicted molar refractivity (Wildman–Crippen MR) is 379 cm³/mol. The number of carbonyl (C=O) groups is 11. The van der Waals surface area contributed by atoms with Crippen molar-refractivity contribution in [1.82, 2.24) is 40.3 Å². The largest absolute Gasteiger partial charge is 0.391 e. The number of nitrogens with zero attached hydrogens (tertiary/aromatic N) is 3. The summed E-state index contributed by atoms with van der Waals surface area (Å²) < 4.78 is 59.7. The van der Waals surface area contributed by atoms with Crippen LogP contribution >= 0.6 is 34.8 Å². The maximum Gasteiger partial charge on any atom is 0.293 e. The molecule has 0 unspecified atom stereocenters. The molecule has 3 aliphatic heterocycles. The molecular weight excluding hydrogens is 1410 g/mol. The van der Waals surface area contributed by atoms with E-state index in [1.165, 1.54) is 25.6 Å². The highest BCUT2D eigenvalue weighted by atomic mass is 35.5. The molecule has 2 fully saturated rings. The topological polar surface area (TPSA) is 319 Å². The molecule has 103 heavy (non-hydrogen) atoms. The summed E-state index contributed by atoms with van der Waals surface area (Å²) in [7, 11) is 2.51. The van der Waals surface area contributed by atoms with E-state index in [0.717, 1.165) is 28.8 Å². The molecule has 0 bridgehead atoms. The van der Waals surface area contributed by atoms with E-state index in [9.17, 15) is 75.4 Å². The van der Waals surface area contributed by atoms with Gasteiger partial charge in [0.1, 0.15) is 28.2 Å². The first-order valence-corrected chi connectivity index (χ1v) is 34.4. The zero-order valence-electron chi connectivity index (χ0n) is 59.3. The Balaban J connectivity index is 0.000000181. The summed E-state index contributed by atoms with van der Waals surface area (Å²) in [6, 6.07) is 15.2. The molecule has 30 heteroatoms. The number of alkyl halides is 4. The standard InChI is InChI=1S/C26H29ClF2N4O4.C24H25ClF2N4O5.C23H28ClN3O3/c1-13-6-7-15(10-16(13)27)31-21(35)19-14(2)18(17-8-9-24(3,4)33(17)19)20(34)22(36)32-25(23(37)30-5)11-26(28,29)12-25;1-11-4-5-13(6-15(11)25)29-20(34)18-12(2)17(16-7-14(32)8-31(16)18)19(33)21(35)30-23(22(36)28-3)9-24(26,27)10-23;1-12(2)25-22(30)20(28)18-14(4)19(27-17(18)9-10-23(27,5)6)21(29)26-15-8-7-13(3)16(24)11-15/h6-7,10H,8-9,11-12H2,1-5H3,(H,30,37)(H,31,35)(H,32,36);4-6,14,32H,7-10H2,1-3H3,(H,28,36)(H,29,34)(H,30,35);7-8,11-12H,9-10H2,1-6H3,(H,25,30)(H,26,29)/t;14-;/m.1./s1. The van der Waals surface area contributed by atoms with Crippen LogP contribution in [0.3, 0.4) is 0 Å². The Morgan fingerprint density at radius 3 is 1.14 bits per heavy atom. The van der Waals surface area contributed by atoms with E-state index in [1.807, 2.05) is 52.2 Å². The molecule has 3 aromatic heterocycles. The van der Waals surface area contributed by atoms with Crippen molar-refractivity contribution in [3.8, 4) is 0 Å². The molecule has 0 spiro atoms. The minimum Gasteiger partial charge on any atom is -0.391 e. The highest BCUT2D eigenvalue weighted by Gasteiger charge is 2.63. The number of anilines is 3. The Labute approximate surface area is 606 Å². The summed E-state index contributed by atoms with van der Waals surface area (Å²) in [4.78, 5) is 142. The number of nitrogens with one attached hydrogen (secondary N) is 8. The molecule has 6 aromatic rings. The van der Waals surface area contributed by atoms with Gasteiger partial charge in [-0.3, -0.25) is 52.7 Å². The van der Waals surface area contributed by atoms with Crippen LogP contribution < -0.4 is 42.5 Å². The van der Waals surface area contributed by atoms with Gasteiger partial charge in [0.25, 0.3) is 64.6 Å². The highest BCUT2D eigenvalue weighted by Crippen LogP contribution is 2.48. The van der Waals surface area contributed by atoms with Gasteiger partial charge < -0.3 is 61.3 Å². The van der Waals surface area contributed by atoms with Crippen molar-refractivity contribution in [1.29, 1.82) is 0 Å². The van der Waals surface area contributed by atoms with Crippen molar-refractivity contribution in [2.45, 2.75) is 194 Å². The Bertz CT molecular complexity index is 4590. The van der Waals surface area contributed by atoms with E-state index in [0.29, 0.717) is 79.5 Å². The van der Waals surface area contributed by atoms with Crippen molar-refractivity contribution in [3.05, 3.63) is 154 Å². The van der Waals surface area contributed by atoms with Gasteiger partial charge in [-0.1, -0.05) is 53.0 Å². The lowest BCUT2D eigenvalue weighted by Crippen LogP contribution is -2.69. The van der Waals surface area contributed by atoms with Crippen LogP contribution in [0.25, 0.3) is 0 Å². The van der Waals surface area contributed by atoms with Crippen LogP contribution in [0, 0.1) is 41.5 Å². The zero-order valence-corrected chi connectivity index (χ0v) is 61.6. The van der Waals surface area contributed by atoms with Crippen LogP contribution in [0.5, 0.6) is 0 Å². The van der Waals surface area contributed by atoms with Gasteiger partial charge >= 0.3 is 0 Å². The van der Waals surface area contributed by atoms with Crippen LogP contribution in [-0.4, -0.2) is 133 Å². The molecule has 9 N–H and O–H groups in total. The fraction of sp³-hybridized carbons (Fsp3) is 0.438. The average Bonchev–Trinajstić information content (AvgIpc) is 1.71. The molecule has 11 rings (SSSR count). The first kappa shape index (κ1) is 78.0.